The molecule has 2 aromatic rings. The molecule has 1 aromatic heterocycles. The number of nitrogens with two attached hydrogens (primary N) is 1. The molecule has 96 valence electrons. The van der Waals surface area contributed by atoms with E-state index in [1.165, 1.54) is 0 Å². The van der Waals surface area contributed by atoms with Crippen molar-refractivity contribution >= 4 is 11.3 Å². The SMILES string of the molecule is CCCOc1ccc(C(N)c2nc(C)cs2)cc1. The maximum atomic E-state index is 6.19. The maximum Gasteiger partial charge on any atom is 0.119 e. The van der Waals surface area contributed by atoms with Gasteiger partial charge in [-0.25, -0.2) is 4.98 Å². The number of aromatic nitrogens is 1. The topological polar surface area (TPSA) is 48.1 Å². The van der Waals surface area contributed by atoms with Gasteiger partial charge in [0, 0.05) is 11.1 Å². The second-order valence-electron chi connectivity index (χ2n) is 4.22. The molecule has 0 saturated carbocycles. The van der Waals surface area contributed by atoms with Crippen LogP contribution in [0.2, 0.25) is 0 Å². The van der Waals surface area contributed by atoms with Crippen molar-refractivity contribution in [3.63, 3.8) is 0 Å². The average Bonchev–Trinajstić information content (AvgIpc) is 2.83. The van der Waals surface area contributed by atoms with Crippen molar-refractivity contribution in [1.82, 2.24) is 4.98 Å². The first-order chi connectivity index (χ1) is 8.70. The number of nitrogens with zero attached hydrogens (tertiary/aromatic N) is 1. The molecule has 4 heteroatoms. The van der Waals surface area contributed by atoms with E-state index in [2.05, 4.69) is 11.9 Å². The third kappa shape index (κ3) is 3.09. The highest BCUT2D eigenvalue weighted by atomic mass is 32.1. The molecule has 1 unspecified atom stereocenters. The smallest absolute Gasteiger partial charge is 0.119 e. The van der Waals surface area contributed by atoms with Crippen LogP contribution in [0.25, 0.3) is 0 Å². The lowest BCUT2D eigenvalue weighted by Crippen LogP contribution is -2.11. The maximum absolute atomic E-state index is 6.19. The van der Waals surface area contributed by atoms with Crippen LogP contribution in [-0.4, -0.2) is 11.6 Å². The first-order valence-corrected chi connectivity index (χ1v) is 6.99. The Kier molecular flexibility index (Phi) is 4.33. The molecular formula is C14H18N2OS. The Morgan fingerprint density at radius 2 is 2.06 bits per heavy atom. The van der Waals surface area contributed by atoms with E-state index in [0.717, 1.165) is 35.0 Å². The van der Waals surface area contributed by atoms with Crippen LogP contribution in [0.1, 0.15) is 35.7 Å². The van der Waals surface area contributed by atoms with E-state index in [9.17, 15) is 0 Å². The Morgan fingerprint density at radius 3 is 2.61 bits per heavy atom. The molecule has 0 spiro atoms. The molecule has 0 saturated heterocycles. The first kappa shape index (κ1) is 13.1. The molecule has 1 aromatic carbocycles. The number of hydrogen-bond donors (Lipinski definition) is 1. The van der Waals surface area contributed by atoms with Crippen LogP contribution in [0, 0.1) is 6.92 Å². The molecule has 1 atom stereocenters. The fourth-order valence-corrected chi connectivity index (χ4v) is 2.47. The summed E-state index contributed by atoms with van der Waals surface area (Å²) in [5.74, 6) is 0.892. The predicted molar refractivity (Wildman–Crippen MR) is 75.1 cm³/mol. The summed E-state index contributed by atoms with van der Waals surface area (Å²) in [6.07, 6.45) is 1.01. The molecule has 2 N–H and O–H groups in total. The largest absolute Gasteiger partial charge is 0.494 e. The Bertz CT molecular complexity index is 493. The molecule has 3 nitrogen and oxygen atoms in total. The Morgan fingerprint density at radius 1 is 1.33 bits per heavy atom. The molecule has 0 aliphatic carbocycles. The summed E-state index contributed by atoms with van der Waals surface area (Å²) in [7, 11) is 0. The van der Waals surface area contributed by atoms with E-state index in [1.807, 2.05) is 36.6 Å². The number of thiazole rings is 1. The van der Waals surface area contributed by atoms with E-state index in [-0.39, 0.29) is 6.04 Å². The zero-order chi connectivity index (χ0) is 13.0. The fourth-order valence-electron chi connectivity index (χ4n) is 1.65. The van der Waals surface area contributed by atoms with E-state index >= 15 is 0 Å². The average molecular weight is 262 g/mol. The summed E-state index contributed by atoms with van der Waals surface area (Å²) >= 11 is 1.60. The molecule has 0 aliphatic heterocycles. The summed E-state index contributed by atoms with van der Waals surface area (Å²) in [4.78, 5) is 4.42. The van der Waals surface area contributed by atoms with Crippen LogP contribution in [0.5, 0.6) is 5.75 Å². The van der Waals surface area contributed by atoms with Crippen LogP contribution < -0.4 is 10.5 Å². The summed E-state index contributed by atoms with van der Waals surface area (Å²) in [5, 5.41) is 2.98. The Hall–Kier alpha value is -1.39. The minimum absolute atomic E-state index is 0.149. The summed E-state index contributed by atoms with van der Waals surface area (Å²) in [6.45, 7) is 4.82. The lowest BCUT2D eigenvalue weighted by Gasteiger charge is -2.10. The van der Waals surface area contributed by atoms with Gasteiger partial charge in [-0.1, -0.05) is 19.1 Å². The first-order valence-electron chi connectivity index (χ1n) is 6.11. The highest BCUT2D eigenvalue weighted by Crippen LogP contribution is 2.24. The van der Waals surface area contributed by atoms with Crippen LogP contribution in [0.3, 0.4) is 0 Å². The van der Waals surface area contributed by atoms with Crippen molar-refractivity contribution in [1.29, 1.82) is 0 Å². The summed E-state index contributed by atoms with van der Waals surface area (Å²) in [5.41, 5.74) is 8.27. The molecule has 2 rings (SSSR count). The van der Waals surface area contributed by atoms with Gasteiger partial charge in [0.2, 0.25) is 0 Å². The van der Waals surface area contributed by atoms with Crippen molar-refractivity contribution < 1.29 is 4.74 Å². The van der Waals surface area contributed by atoms with Crippen molar-refractivity contribution in [3.05, 3.63) is 45.9 Å². The quantitative estimate of drug-likeness (QED) is 0.899. The standard InChI is InChI=1S/C14H18N2OS/c1-3-8-17-12-6-4-11(5-7-12)13(15)14-16-10(2)9-18-14/h4-7,9,13H,3,8,15H2,1-2H3. The summed E-state index contributed by atoms with van der Waals surface area (Å²) in [6, 6.07) is 7.79. The van der Waals surface area contributed by atoms with Crippen LogP contribution >= 0.6 is 11.3 Å². The van der Waals surface area contributed by atoms with Gasteiger partial charge in [-0.3, -0.25) is 0 Å². The zero-order valence-corrected chi connectivity index (χ0v) is 11.5. The Labute approximate surface area is 112 Å². The van der Waals surface area contributed by atoms with Gasteiger partial charge in [0.05, 0.1) is 12.6 Å². The third-order valence-corrected chi connectivity index (χ3v) is 3.66. The highest BCUT2D eigenvalue weighted by Gasteiger charge is 2.12. The van der Waals surface area contributed by atoms with Crippen LogP contribution in [-0.2, 0) is 0 Å². The van der Waals surface area contributed by atoms with Gasteiger partial charge in [0.25, 0.3) is 0 Å². The van der Waals surface area contributed by atoms with Crippen LogP contribution in [0.15, 0.2) is 29.6 Å². The van der Waals surface area contributed by atoms with Gasteiger partial charge in [0.15, 0.2) is 0 Å². The molecule has 0 amide bonds. The highest BCUT2D eigenvalue weighted by molar-refractivity contribution is 7.09. The normalized spacial score (nSPS) is 12.4. The summed E-state index contributed by atoms with van der Waals surface area (Å²) < 4.78 is 5.55. The van der Waals surface area contributed by atoms with Gasteiger partial charge < -0.3 is 10.5 Å². The van der Waals surface area contributed by atoms with E-state index in [0.29, 0.717) is 0 Å². The Balaban J connectivity index is 2.09. The lowest BCUT2D eigenvalue weighted by molar-refractivity contribution is 0.317. The minimum atomic E-state index is -0.149. The van der Waals surface area contributed by atoms with Gasteiger partial charge >= 0.3 is 0 Å². The predicted octanol–water partition coefficient (Wildman–Crippen LogP) is 3.29. The van der Waals surface area contributed by atoms with Gasteiger partial charge in [-0.05, 0) is 31.0 Å². The third-order valence-electron chi connectivity index (χ3n) is 2.61. The molecular weight excluding hydrogens is 244 g/mol. The van der Waals surface area contributed by atoms with Crippen molar-refractivity contribution in [2.75, 3.05) is 6.61 Å². The van der Waals surface area contributed by atoms with E-state index in [1.54, 1.807) is 11.3 Å². The second-order valence-corrected chi connectivity index (χ2v) is 5.11. The molecule has 18 heavy (non-hydrogen) atoms. The molecule has 0 bridgehead atoms. The van der Waals surface area contributed by atoms with E-state index in [4.69, 9.17) is 10.5 Å². The molecule has 0 radical (unpaired) electrons. The molecule has 0 aliphatic rings. The molecule has 0 fully saturated rings. The number of hydrogen-bond acceptors (Lipinski definition) is 4. The number of aryl methyl sites for hydroxylation is 1. The monoisotopic (exact) mass is 262 g/mol. The van der Waals surface area contributed by atoms with E-state index < -0.39 is 0 Å². The van der Waals surface area contributed by atoms with Crippen LogP contribution in [0.4, 0.5) is 0 Å². The number of benzene rings is 1. The van der Waals surface area contributed by atoms with Gasteiger partial charge in [0.1, 0.15) is 10.8 Å². The van der Waals surface area contributed by atoms with Crippen molar-refractivity contribution in [2.45, 2.75) is 26.3 Å². The second kappa shape index (κ2) is 5.98. The minimum Gasteiger partial charge on any atom is -0.494 e. The van der Waals surface area contributed by atoms with Gasteiger partial charge in [-0.2, -0.15) is 0 Å². The fraction of sp³-hybridized carbons (Fsp3) is 0.357. The number of ether oxygens (including phenoxy) is 1. The van der Waals surface area contributed by atoms with Gasteiger partial charge in [-0.15, -0.1) is 11.3 Å². The van der Waals surface area contributed by atoms with Crippen molar-refractivity contribution in [3.8, 4) is 5.75 Å². The number of rotatable bonds is 5. The molecule has 1 heterocycles. The lowest BCUT2D eigenvalue weighted by atomic mass is 10.1. The zero-order valence-electron chi connectivity index (χ0n) is 10.7. The van der Waals surface area contributed by atoms with Crippen molar-refractivity contribution in [2.24, 2.45) is 5.73 Å².